The summed E-state index contributed by atoms with van der Waals surface area (Å²) in [6.45, 7) is 2.65. The van der Waals surface area contributed by atoms with Gasteiger partial charge in [-0.1, -0.05) is 55.5 Å². The van der Waals surface area contributed by atoms with Gasteiger partial charge in [0.15, 0.2) is 11.5 Å². The van der Waals surface area contributed by atoms with Gasteiger partial charge in [0.05, 0.1) is 13.7 Å². The van der Waals surface area contributed by atoms with Crippen LogP contribution in [0.4, 0.5) is 5.69 Å². The monoisotopic (exact) mass is 375 g/mol. The summed E-state index contributed by atoms with van der Waals surface area (Å²) >= 11 is 0. The van der Waals surface area contributed by atoms with Crippen LogP contribution in [-0.4, -0.2) is 19.6 Å². The molecule has 1 amide bonds. The van der Waals surface area contributed by atoms with Crippen LogP contribution in [0, 0.1) is 0 Å². The van der Waals surface area contributed by atoms with E-state index in [2.05, 4.69) is 17.4 Å². The average molecular weight is 375 g/mol. The molecule has 0 aliphatic carbocycles. The number of methoxy groups -OCH3 is 1. The highest BCUT2D eigenvalue weighted by molar-refractivity contribution is 6.05. The molecule has 0 saturated carbocycles. The molecule has 0 aromatic heterocycles. The zero-order chi connectivity index (χ0) is 19.8. The molecule has 0 unspecified atom stereocenters. The van der Waals surface area contributed by atoms with Crippen molar-refractivity contribution in [3.05, 3.63) is 89.5 Å². The Morgan fingerprint density at radius 1 is 0.929 bits per heavy atom. The minimum atomic E-state index is -0.180. The lowest BCUT2D eigenvalue weighted by Crippen LogP contribution is -2.13. The van der Waals surface area contributed by atoms with Crippen molar-refractivity contribution in [1.29, 1.82) is 0 Å². The van der Waals surface area contributed by atoms with Crippen LogP contribution in [0.15, 0.2) is 72.8 Å². The molecule has 144 valence electrons. The van der Waals surface area contributed by atoms with Crippen molar-refractivity contribution in [3.8, 4) is 11.5 Å². The van der Waals surface area contributed by atoms with Gasteiger partial charge in [0, 0.05) is 11.3 Å². The smallest absolute Gasteiger partial charge is 0.255 e. The fourth-order valence-corrected chi connectivity index (χ4v) is 2.95. The third-order valence-corrected chi connectivity index (χ3v) is 4.39. The van der Waals surface area contributed by atoms with E-state index in [1.165, 1.54) is 5.56 Å². The van der Waals surface area contributed by atoms with E-state index >= 15 is 0 Å². The Balaban J connectivity index is 1.78. The van der Waals surface area contributed by atoms with Crippen molar-refractivity contribution in [2.24, 2.45) is 0 Å². The van der Waals surface area contributed by atoms with Crippen molar-refractivity contribution in [2.75, 3.05) is 19.0 Å². The Morgan fingerprint density at radius 3 is 2.43 bits per heavy atom. The van der Waals surface area contributed by atoms with Gasteiger partial charge in [-0.3, -0.25) is 4.79 Å². The number of carbonyl (C=O) groups excluding carboxylic acids is 1. The summed E-state index contributed by atoms with van der Waals surface area (Å²) < 4.78 is 11.0. The molecule has 4 heteroatoms. The number of amides is 1. The van der Waals surface area contributed by atoms with Crippen LogP contribution in [0.25, 0.3) is 0 Å². The van der Waals surface area contributed by atoms with E-state index in [1.807, 2.05) is 49.4 Å². The number of ether oxygens (including phenoxy) is 2. The van der Waals surface area contributed by atoms with E-state index in [0.717, 1.165) is 24.1 Å². The number of rotatable bonds is 8. The molecular formula is C24H25NO3. The van der Waals surface area contributed by atoms with Crippen molar-refractivity contribution in [2.45, 2.75) is 19.8 Å². The van der Waals surface area contributed by atoms with Crippen molar-refractivity contribution in [3.63, 3.8) is 0 Å². The number of para-hydroxylation sites is 1. The van der Waals surface area contributed by atoms with Gasteiger partial charge in [-0.2, -0.15) is 0 Å². The lowest BCUT2D eigenvalue weighted by Gasteiger charge is -2.13. The van der Waals surface area contributed by atoms with E-state index in [9.17, 15) is 4.79 Å². The second kappa shape index (κ2) is 9.60. The standard InChI is InChI=1S/C24H25NO3/c1-3-15-28-22-14-13-20(17-23(22)27-2)24(26)25-21-12-8-7-11-19(21)16-18-9-5-4-6-10-18/h4-14,17H,3,15-16H2,1-2H3,(H,25,26). The number of hydrogen-bond donors (Lipinski definition) is 1. The molecule has 0 atom stereocenters. The second-order valence-electron chi connectivity index (χ2n) is 6.49. The minimum absolute atomic E-state index is 0.180. The summed E-state index contributed by atoms with van der Waals surface area (Å²) in [5, 5.41) is 3.03. The Kier molecular flexibility index (Phi) is 6.68. The van der Waals surface area contributed by atoms with E-state index in [0.29, 0.717) is 23.7 Å². The van der Waals surface area contributed by atoms with Crippen LogP contribution in [0.5, 0.6) is 11.5 Å². The second-order valence-corrected chi connectivity index (χ2v) is 6.49. The van der Waals surface area contributed by atoms with E-state index < -0.39 is 0 Å². The molecule has 3 rings (SSSR count). The van der Waals surface area contributed by atoms with Crippen LogP contribution in [0.3, 0.4) is 0 Å². The molecule has 0 spiro atoms. The lowest BCUT2D eigenvalue weighted by molar-refractivity contribution is 0.102. The van der Waals surface area contributed by atoms with Crippen LogP contribution in [-0.2, 0) is 6.42 Å². The summed E-state index contributed by atoms with van der Waals surface area (Å²) in [7, 11) is 1.57. The fourth-order valence-electron chi connectivity index (χ4n) is 2.95. The van der Waals surface area contributed by atoms with Crippen molar-refractivity contribution < 1.29 is 14.3 Å². The number of carbonyl (C=O) groups is 1. The Morgan fingerprint density at radius 2 is 1.68 bits per heavy atom. The summed E-state index contributed by atoms with van der Waals surface area (Å²) in [5.74, 6) is 1.02. The third kappa shape index (κ3) is 4.92. The lowest BCUT2D eigenvalue weighted by atomic mass is 10.0. The topological polar surface area (TPSA) is 47.6 Å². The maximum absolute atomic E-state index is 12.8. The van der Waals surface area contributed by atoms with Gasteiger partial charge in [0.25, 0.3) is 5.91 Å². The molecule has 0 aliphatic heterocycles. The van der Waals surface area contributed by atoms with Gasteiger partial charge in [0.1, 0.15) is 0 Å². The number of anilines is 1. The van der Waals surface area contributed by atoms with Gasteiger partial charge in [-0.25, -0.2) is 0 Å². The molecule has 0 fully saturated rings. The van der Waals surface area contributed by atoms with Crippen LogP contribution < -0.4 is 14.8 Å². The van der Waals surface area contributed by atoms with Crippen LogP contribution >= 0.6 is 0 Å². The largest absolute Gasteiger partial charge is 0.493 e. The zero-order valence-corrected chi connectivity index (χ0v) is 16.3. The molecule has 0 heterocycles. The van der Waals surface area contributed by atoms with E-state index in [4.69, 9.17) is 9.47 Å². The normalized spacial score (nSPS) is 10.4. The molecule has 0 bridgehead atoms. The Hall–Kier alpha value is -3.27. The highest BCUT2D eigenvalue weighted by atomic mass is 16.5. The highest BCUT2D eigenvalue weighted by Gasteiger charge is 2.13. The first-order chi connectivity index (χ1) is 13.7. The molecule has 4 nitrogen and oxygen atoms in total. The molecular weight excluding hydrogens is 350 g/mol. The molecule has 0 radical (unpaired) electrons. The van der Waals surface area contributed by atoms with E-state index in [-0.39, 0.29) is 5.91 Å². The SMILES string of the molecule is CCCOc1ccc(C(=O)Nc2ccccc2Cc2ccccc2)cc1OC. The number of benzene rings is 3. The molecule has 3 aromatic rings. The molecule has 0 saturated heterocycles. The highest BCUT2D eigenvalue weighted by Crippen LogP contribution is 2.29. The van der Waals surface area contributed by atoms with Crippen LogP contribution in [0.1, 0.15) is 34.8 Å². The third-order valence-electron chi connectivity index (χ3n) is 4.39. The number of nitrogens with one attached hydrogen (secondary N) is 1. The maximum Gasteiger partial charge on any atom is 0.255 e. The van der Waals surface area contributed by atoms with Crippen molar-refractivity contribution in [1.82, 2.24) is 0 Å². The van der Waals surface area contributed by atoms with Gasteiger partial charge in [-0.05, 0) is 48.2 Å². The first-order valence-electron chi connectivity index (χ1n) is 9.45. The van der Waals surface area contributed by atoms with E-state index in [1.54, 1.807) is 25.3 Å². The summed E-state index contributed by atoms with van der Waals surface area (Å²) in [6, 6.07) is 23.3. The fraction of sp³-hybridized carbons (Fsp3) is 0.208. The first-order valence-corrected chi connectivity index (χ1v) is 9.45. The first kappa shape index (κ1) is 19.5. The average Bonchev–Trinajstić information content (AvgIpc) is 2.74. The summed E-state index contributed by atoms with van der Waals surface area (Å²) in [4.78, 5) is 12.8. The van der Waals surface area contributed by atoms with Gasteiger partial charge >= 0.3 is 0 Å². The predicted molar refractivity (Wildman–Crippen MR) is 112 cm³/mol. The Labute approximate surface area is 166 Å². The van der Waals surface area contributed by atoms with Crippen molar-refractivity contribution >= 4 is 11.6 Å². The maximum atomic E-state index is 12.8. The van der Waals surface area contributed by atoms with Gasteiger partial charge in [-0.15, -0.1) is 0 Å². The van der Waals surface area contributed by atoms with Gasteiger partial charge in [0.2, 0.25) is 0 Å². The molecule has 0 aliphatic rings. The minimum Gasteiger partial charge on any atom is -0.493 e. The number of hydrogen-bond acceptors (Lipinski definition) is 3. The quantitative estimate of drug-likeness (QED) is 0.579. The Bertz CT molecular complexity index is 922. The molecule has 1 N–H and O–H groups in total. The zero-order valence-electron chi connectivity index (χ0n) is 16.3. The molecule has 3 aromatic carbocycles. The summed E-state index contributed by atoms with van der Waals surface area (Å²) in [6.07, 6.45) is 1.66. The van der Waals surface area contributed by atoms with Crippen LogP contribution in [0.2, 0.25) is 0 Å². The molecule has 28 heavy (non-hydrogen) atoms. The van der Waals surface area contributed by atoms with Gasteiger partial charge < -0.3 is 14.8 Å². The summed E-state index contributed by atoms with van der Waals surface area (Å²) in [5.41, 5.74) is 3.59. The predicted octanol–water partition coefficient (Wildman–Crippen LogP) is 5.33.